The van der Waals surface area contributed by atoms with E-state index in [4.69, 9.17) is 14.0 Å². The largest absolute Gasteiger partial charge is 0.497 e. The minimum Gasteiger partial charge on any atom is -0.497 e. The summed E-state index contributed by atoms with van der Waals surface area (Å²) in [7, 11) is 4.27. The number of methoxy groups -OCH3 is 2. The highest BCUT2D eigenvalue weighted by atomic mass is 31.1. The van der Waals surface area contributed by atoms with Gasteiger partial charge in [0.25, 0.3) is 0 Å². The number of rotatable bonds is 5. The van der Waals surface area contributed by atoms with E-state index in [1.165, 1.54) is 0 Å². The zero-order valence-electron chi connectivity index (χ0n) is 11.3. The van der Waals surface area contributed by atoms with Gasteiger partial charge in [0.05, 0.1) is 22.4 Å². The van der Waals surface area contributed by atoms with Crippen LogP contribution in [0.3, 0.4) is 0 Å². The molecule has 0 heterocycles. The Morgan fingerprint density at radius 1 is 0.632 bits per heavy atom. The van der Waals surface area contributed by atoms with Gasteiger partial charge in [-0.25, -0.2) is 0 Å². The number of hydrogen-bond acceptors (Lipinski definition) is 3. The van der Waals surface area contributed by atoms with Crippen LogP contribution >= 0.6 is 8.15 Å². The minimum atomic E-state index is -0.795. The van der Waals surface area contributed by atoms with E-state index in [0.717, 1.165) is 22.1 Å². The fraction of sp³-hybridized carbons (Fsp3) is 0.200. The lowest BCUT2D eigenvalue weighted by molar-refractivity contribution is 0.415. The Labute approximate surface area is 115 Å². The van der Waals surface area contributed by atoms with Crippen LogP contribution in [-0.2, 0) is 4.52 Å². The monoisotopic (exact) mass is 276 g/mol. The Kier molecular flexibility index (Phi) is 4.78. The van der Waals surface area contributed by atoms with E-state index >= 15 is 0 Å². The average molecular weight is 276 g/mol. The van der Waals surface area contributed by atoms with Crippen molar-refractivity contribution in [2.45, 2.75) is 0 Å². The first-order valence-electron chi connectivity index (χ1n) is 5.91. The molecule has 0 saturated carbocycles. The van der Waals surface area contributed by atoms with Crippen molar-refractivity contribution in [3.05, 3.63) is 48.5 Å². The molecule has 0 amide bonds. The molecule has 0 saturated heterocycles. The van der Waals surface area contributed by atoms with Crippen molar-refractivity contribution in [1.82, 2.24) is 0 Å². The summed E-state index contributed by atoms with van der Waals surface area (Å²) in [5, 5.41) is 2.31. The molecule has 0 N–H and O–H groups in total. The lowest BCUT2D eigenvalue weighted by Crippen LogP contribution is -2.12. The zero-order chi connectivity index (χ0) is 13.7. The molecule has 0 aromatic heterocycles. The predicted molar refractivity (Wildman–Crippen MR) is 79.2 cm³/mol. The second-order valence-electron chi connectivity index (χ2n) is 3.87. The molecule has 0 aliphatic heterocycles. The molecule has 4 heteroatoms. The van der Waals surface area contributed by atoms with Crippen LogP contribution in [0.25, 0.3) is 0 Å². The van der Waals surface area contributed by atoms with Crippen LogP contribution in [0, 0.1) is 0 Å². The molecule has 2 rings (SSSR count). The van der Waals surface area contributed by atoms with Crippen LogP contribution in [0.2, 0.25) is 0 Å². The topological polar surface area (TPSA) is 27.7 Å². The summed E-state index contributed by atoms with van der Waals surface area (Å²) < 4.78 is 16.0. The van der Waals surface area contributed by atoms with Gasteiger partial charge >= 0.3 is 0 Å². The molecule has 0 bridgehead atoms. The average Bonchev–Trinajstić information content (AvgIpc) is 2.49. The van der Waals surface area contributed by atoms with Crippen molar-refractivity contribution < 1.29 is 14.0 Å². The molecule has 2 aromatic carbocycles. The van der Waals surface area contributed by atoms with Gasteiger partial charge in [0.15, 0.2) is 0 Å². The van der Waals surface area contributed by atoms with Crippen LogP contribution in [0.5, 0.6) is 11.5 Å². The first-order valence-corrected chi connectivity index (χ1v) is 7.17. The van der Waals surface area contributed by atoms with E-state index in [9.17, 15) is 0 Å². The van der Waals surface area contributed by atoms with E-state index in [1.807, 2.05) is 48.5 Å². The molecule has 19 heavy (non-hydrogen) atoms. The number of hydrogen-bond donors (Lipinski definition) is 0. The van der Waals surface area contributed by atoms with E-state index in [-0.39, 0.29) is 0 Å². The van der Waals surface area contributed by atoms with Crippen molar-refractivity contribution in [3.63, 3.8) is 0 Å². The first-order chi connectivity index (χ1) is 9.28. The van der Waals surface area contributed by atoms with Gasteiger partial charge in [-0.2, -0.15) is 0 Å². The molecule has 0 atom stereocenters. The quantitative estimate of drug-likeness (QED) is 0.786. The predicted octanol–water partition coefficient (Wildman–Crippen LogP) is 2.70. The van der Waals surface area contributed by atoms with Crippen molar-refractivity contribution in [1.29, 1.82) is 0 Å². The van der Waals surface area contributed by atoms with Crippen LogP contribution < -0.4 is 20.1 Å². The Hall–Kier alpha value is -1.57. The SMILES string of the molecule is COc1ccc(P(OC)c2ccc(OC)cc2)cc1. The van der Waals surface area contributed by atoms with Gasteiger partial charge in [0.2, 0.25) is 0 Å². The Morgan fingerprint density at radius 3 is 1.26 bits per heavy atom. The Bertz CT molecular complexity index is 460. The molecule has 0 spiro atoms. The van der Waals surface area contributed by atoms with Gasteiger partial charge in [-0.1, -0.05) is 0 Å². The van der Waals surface area contributed by atoms with Gasteiger partial charge in [0.1, 0.15) is 11.5 Å². The summed E-state index contributed by atoms with van der Waals surface area (Å²) >= 11 is 0. The van der Waals surface area contributed by atoms with Crippen LogP contribution in [0.1, 0.15) is 0 Å². The van der Waals surface area contributed by atoms with Crippen LogP contribution in [0.4, 0.5) is 0 Å². The summed E-state index contributed by atoms with van der Waals surface area (Å²) in [5.74, 6) is 1.70. The molecule has 2 aromatic rings. The third-order valence-electron chi connectivity index (χ3n) is 2.80. The Morgan fingerprint density at radius 2 is 1.00 bits per heavy atom. The molecule has 0 fully saturated rings. The molecule has 0 aliphatic carbocycles. The normalized spacial score (nSPS) is 10.5. The molecular formula is C15H17O3P. The van der Waals surface area contributed by atoms with Crippen molar-refractivity contribution in [2.75, 3.05) is 21.3 Å². The molecular weight excluding hydrogens is 259 g/mol. The Balaban J connectivity index is 2.26. The van der Waals surface area contributed by atoms with Gasteiger partial charge in [0, 0.05) is 17.7 Å². The lowest BCUT2D eigenvalue weighted by Gasteiger charge is -2.16. The highest BCUT2D eigenvalue weighted by molar-refractivity contribution is 7.68. The fourth-order valence-corrected chi connectivity index (χ4v) is 3.35. The molecule has 0 radical (unpaired) electrons. The van der Waals surface area contributed by atoms with Crippen molar-refractivity contribution in [2.24, 2.45) is 0 Å². The van der Waals surface area contributed by atoms with Gasteiger partial charge < -0.3 is 14.0 Å². The minimum absolute atomic E-state index is 0.795. The molecule has 100 valence electrons. The van der Waals surface area contributed by atoms with E-state index in [2.05, 4.69) is 0 Å². The highest BCUT2D eigenvalue weighted by Gasteiger charge is 2.13. The first kappa shape index (κ1) is 13.9. The summed E-state index contributed by atoms with van der Waals surface area (Å²) in [5.41, 5.74) is 0. The number of benzene rings is 2. The van der Waals surface area contributed by atoms with Crippen LogP contribution in [0.15, 0.2) is 48.5 Å². The van der Waals surface area contributed by atoms with Crippen LogP contribution in [-0.4, -0.2) is 21.3 Å². The maximum Gasteiger partial charge on any atom is 0.118 e. The highest BCUT2D eigenvalue weighted by Crippen LogP contribution is 2.34. The van der Waals surface area contributed by atoms with Gasteiger partial charge in [-0.3, -0.25) is 0 Å². The lowest BCUT2D eigenvalue weighted by atomic mass is 10.3. The third-order valence-corrected chi connectivity index (χ3v) is 4.70. The van der Waals surface area contributed by atoms with Crippen molar-refractivity contribution >= 4 is 18.8 Å². The second kappa shape index (κ2) is 6.55. The summed E-state index contributed by atoms with van der Waals surface area (Å²) in [6.45, 7) is 0. The summed E-state index contributed by atoms with van der Waals surface area (Å²) in [6.07, 6.45) is 0. The fourth-order valence-electron chi connectivity index (χ4n) is 1.80. The molecule has 0 unspecified atom stereocenters. The summed E-state index contributed by atoms with van der Waals surface area (Å²) in [4.78, 5) is 0. The summed E-state index contributed by atoms with van der Waals surface area (Å²) in [6, 6.07) is 16.0. The van der Waals surface area contributed by atoms with E-state index in [1.54, 1.807) is 21.3 Å². The third kappa shape index (κ3) is 3.25. The second-order valence-corrected chi connectivity index (χ2v) is 5.86. The standard InChI is InChI=1S/C15H17O3P/c1-16-12-4-8-14(9-5-12)19(18-3)15-10-6-13(17-2)7-11-15/h4-11H,1-3H3. The maximum atomic E-state index is 5.65. The van der Waals surface area contributed by atoms with Crippen molar-refractivity contribution in [3.8, 4) is 11.5 Å². The van der Waals surface area contributed by atoms with Gasteiger partial charge in [-0.05, 0) is 48.5 Å². The number of ether oxygens (including phenoxy) is 2. The van der Waals surface area contributed by atoms with Gasteiger partial charge in [-0.15, -0.1) is 0 Å². The molecule has 3 nitrogen and oxygen atoms in total. The molecule has 0 aliphatic rings. The van der Waals surface area contributed by atoms with E-state index in [0.29, 0.717) is 0 Å². The smallest absolute Gasteiger partial charge is 0.118 e. The zero-order valence-corrected chi connectivity index (χ0v) is 12.2. The maximum absolute atomic E-state index is 5.65. The van der Waals surface area contributed by atoms with E-state index < -0.39 is 8.15 Å².